The highest BCUT2D eigenvalue weighted by molar-refractivity contribution is 6.30. The SMILES string of the molecule is CC.COCc1cc(Cl)ccc1-c1ccc(C(C)(C)C)cc1. The third-order valence-corrected chi connectivity index (χ3v) is 3.66. The van der Waals surface area contributed by atoms with Crippen LogP contribution in [0.3, 0.4) is 0 Å². The lowest BCUT2D eigenvalue weighted by molar-refractivity contribution is 0.185. The third kappa shape index (κ3) is 4.86. The van der Waals surface area contributed by atoms with E-state index in [0.29, 0.717) is 6.61 Å². The molecule has 0 radical (unpaired) electrons. The molecule has 0 amide bonds. The molecule has 2 aromatic rings. The first-order valence-electron chi connectivity index (χ1n) is 7.80. The van der Waals surface area contributed by atoms with Crippen LogP contribution in [0.1, 0.15) is 45.7 Å². The number of rotatable bonds is 3. The highest BCUT2D eigenvalue weighted by Gasteiger charge is 2.13. The molecule has 0 fully saturated rings. The van der Waals surface area contributed by atoms with Gasteiger partial charge in [-0.3, -0.25) is 0 Å². The minimum Gasteiger partial charge on any atom is -0.380 e. The van der Waals surface area contributed by atoms with Crippen molar-refractivity contribution in [3.8, 4) is 11.1 Å². The molecule has 0 bridgehead atoms. The fraction of sp³-hybridized carbons (Fsp3) is 0.400. The molecule has 22 heavy (non-hydrogen) atoms. The van der Waals surface area contributed by atoms with E-state index in [1.807, 2.05) is 26.0 Å². The summed E-state index contributed by atoms with van der Waals surface area (Å²) < 4.78 is 5.26. The lowest BCUT2D eigenvalue weighted by Gasteiger charge is -2.19. The van der Waals surface area contributed by atoms with Crippen LogP contribution in [-0.2, 0) is 16.8 Å². The highest BCUT2D eigenvalue weighted by Crippen LogP contribution is 2.29. The van der Waals surface area contributed by atoms with Gasteiger partial charge in [-0.15, -0.1) is 0 Å². The molecule has 2 aromatic carbocycles. The largest absolute Gasteiger partial charge is 0.380 e. The van der Waals surface area contributed by atoms with E-state index in [1.54, 1.807) is 7.11 Å². The zero-order valence-corrected chi connectivity index (χ0v) is 15.3. The van der Waals surface area contributed by atoms with Crippen molar-refractivity contribution in [2.24, 2.45) is 0 Å². The van der Waals surface area contributed by atoms with Crippen LogP contribution in [0.15, 0.2) is 42.5 Å². The van der Waals surface area contributed by atoms with E-state index in [1.165, 1.54) is 16.7 Å². The minimum absolute atomic E-state index is 0.174. The van der Waals surface area contributed by atoms with Crippen LogP contribution in [0, 0.1) is 0 Å². The average molecular weight is 319 g/mol. The molecule has 0 N–H and O–H groups in total. The van der Waals surface area contributed by atoms with Crippen LogP contribution in [0.2, 0.25) is 5.02 Å². The van der Waals surface area contributed by atoms with E-state index in [0.717, 1.165) is 10.6 Å². The molecule has 2 rings (SSSR count). The molecule has 1 nitrogen and oxygen atoms in total. The monoisotopic (exact) mass is 318 g/mol. The Morgan fingerprint density at radius 1 is 0.955 bits per heavy atom. The smallest absolute Gasteiger partial charge is 0.0719 e. The van der Waals surface area contributed by atoms with Crippen molar-refractivity contribution in [2.75, 3.05) is 7.11 Å². The molecule has 0 unspecified atom stereocenters. The van der Waals surface area contributed by atoms with Gasteiger partial charge in [0.2, 0.25) is 0 Å². The first kappa shape index (κ1) is 18.7. The molecule has 0 aliphatic carbocycles. The Morgan fingerprint density at radius 3 is 2.05 bits per heavy atom. The van der Waals surface area contributed by atoms with Gasteiger partial charge in [0.05, 0.1) is 6.61 Å². The second kappa shape index (κ2) is 8.36. The van der Waals surface area contributed by atoms with Gasteiger partial charge in [-0.1, -0.05) is 76.6 Å². The van der Waals surface area contributed by atoms with Gasteiger partial charge in [0.25, 0.3) is 0 Å². The molecule has 0 aromatic heterocycles. The van der Waals surface area contributed by atoms with Crippen LogP contribution < -0.4 is 0 Å². The van der Waals surface area contributed by atoms with Crippen molar-refractivity contribution in [1.82, 2.24) is 0 Å². The maximum Gasteiger partial charge on any atom is 0.0719 e. The topological polar surface area (TPSA) is 9.23 Å². The molecule has 2 heteroatoms. The van der Waals surface area contributed by atoms with Crippen LogP contribution >= 0.6 is 11.6 Å². The van der Waals surface area contributed by atoms with Gasteiger partial charge in [-0.05, 0) is 39.8 Å². The Balaban J connectivity index is 0.00000116. The predicted molar refractivity (Wildman–Crippen MR) is 97.6 cm³/mol. The van der Waals surface area contributed by atoms with E-state index in [2.05, 4.69) is 51.1 Å². The van der Waals surface area contributed by atoms with Crippen LogP contribution in [0.4, 0.5) is 0 Å². The Labute approximate surface area is 140 Å². The number of methoxy groups -OCH3 is 1. The number of ether oxygens (including phenoxy) is 1. The summed E-state index contributed by atoms with van der Waals surface area (Å²) in [4.78, 5) is 0. The van der Waals surface area contributed by atoms with Crippen molar-refractivity contribution in [3.05, 3.63) is 58.6 Å². The van der Waals surface area contributed by atoms with Gasteiger partial charge in [-0.2, -0.15) is 0 Å². The lowest BCUT2D eigenvalue weighted by Crippen LogP contribution is -2.10. The third-order valence-electron chi connectivity index (χ3n) is 3.43. The fourth-order valence-electron chi connectivity index (χ4n) is 2.27. The van der Waals surface area contributed by atoms with Gasteiger partial charge < -0.3 is 4.74 Å². The summed E-state index contributed by atoms with van der Waals surface area (Å²) in [5.74, 6) is 0. The zero-order valence-electron chi connectivity index (χ0n) is 14.5. The number of halogens is 1. The summed E-state index contributed by atoms with van der Waals surface area (Å²) in [6.45, 7) is 11.2. The van der Waals surface area contributed by atoms with E-state index in [4.69, 9.17) is 16.3 Å². The van der Waals surface area contributed by atoms with E-state index < -0.39 is 0 Å². The molecule has 0 aliphatic rings. The summed E-state index contributed by atoms with van der Waals surface area (Å²) in [5, 5.41) is 0.743. The Bertz CT molecular complexity index is 580. The van der Waals surface area contributed by atoms with Gasteiger partial charge in [-0.25, -0.2) is 0 Å². The first-order valence-corrected chi connectivity index (χ1v) is 8.18. The molecule has 0 atom stereocenters. The molecule has 120 valence electrons. The minimum atomic E-state index is 0.174. The van der Waals surface area contributed by atoms with E-state index in [9.17, 15) is 0 Å². The van der Waals surface area contributed by atoms with Crippen molar-refractivity contribution in [2.45, 2.75) is 46.6 Å². The molecular formula is C20H27ClO. The number of hydrogen-bond donors (Lipinski definition) is 0. The molecule has 0 aliphatic heterocycles. The van der Waals surface area contributed by atoms with E-state index >= 15 is 0 Å². The number of benzene rings is 2. The van der Waals surface area contributed by atoms with Gasteiger partial charge in [0.15, 0.2) is 0 Å². The molecular weight excluding hydrogens is 292 g/mol. The van der Waals surface area contributed by atoms with Crippen molar-refractivity contribution >= 4 is 11.6 Å². The highest BCUT2D eigenvalue weighted by atomic mass is 35.5. The van der Waals surface area contributed by atoms with Crippen LogP contribution in [-0.4, -0.2) is 7.11 Å². The molecule has 0 heterocycles. The van der Waals surface area contributed by atoms with Gasteiger partial charge in [0.1, 0.15) is 0 Å². The summed E-state index contributed by atoms with van der Waals surface area (Å²) in [5.41, 5.74) is 5.00. The zero-order chi connectivity index (χ0) is 16.8. The normalized spacial score (nSPS) is 10.9. The van der Waals surface area contributed by atoms with E-state index in [-0.39, 0.29) is 5.41 Å². The van der Waals surface area contributed by atoms with Gasteiger partial charge >= 0.3 is 0 Å². The molecule has 0 spiro atoms. The van der Waals surface area contributed by atoms with Crippen molar-refractivity contribution in [1.29, 1.82) is 0 Å². The quantitative estimate of drug-likeness (QED) is 0.629. The predicted octanol–water partition coefficient (Wildman–Crippen LogP) is 6.48. The summed E-state index contributed by atoms with van der Waals surface area (Å²) >= 11 is 6.07. The standard InChI is InChI=1S/C18H21ClO.C2H6/c1-18(2,3)15-7-5-13(6-8-15)17-10-9-16(19)11-14(17)12-20-4;1-2/h5-11H,12H2,1-4H3;1-2H3. The summed E-state index contributed by atoms with van der Waals surface area (Å²) in [7, 11) is 1.70. The second-order valence-electron chi connectivity index (χ2n) is 6.06. The number of hydrogen-bond acceptors (Lipinski definition) is 1. The maximum atomic E-state index is 6.07. The van der Waals surface area contributed by atoms with Crippen molar-refractivity contribution in [3.63, 3.8) is 0 Å². The average Bonchev–Trinajstić information content (AvgIpc) is 2.49. The van der Waals surface area contributed by atoms with Crippen molar-refractivity contribution < 1.29 is 4.74 Å². The summed E-state index contributed by atoms with van der Waals surface area (Å²) in [6, 6.07) is 14.7. The van der Waals surface area contributed by atoms with Crippen LogP contribution in [0.25, 0.3) is 11.1 Å². The van der Waals surface area contributed by atoms with Crippen LogP contribution in [0.5, 0.6) is 0 Å². The Morgan fingerprint density at radius 2 is 1.55 bits per heavy atom. The second-order valence-corrected chi connectivity index (χ2v) is 6.50. The maximum absolute atomic E-state index is 6.07. The lowest BCUT2D eigenvalue weighted by atomic mass is 9.86. The Kier molecular flexibility index (Phi) is 7.12. The molecule has 0 saturated heterocycles. The summed E-state index contributed by atoms with van der Waals surface area (Å²) in [6.07, 6.45) is 0. The molecule has 0 saturated carbocycles. The first-order chi connectivity index (χ1) is 10.4. The van der Waals surface area contributed by atoms with Gasteiger partial charge in [0, 0.05) is 12.1 Å². The Hall–Kier alpha value is -1.31. The fourth-order valence-corrected chi connectivity index (χ4v) is 2.46.